The molecule has 0 aliphatic carbocycles. The zero-order valence-electron chi connectivity index (χ0n) is 11.2. The van der Waals surface area contributed by atoms with Crippen molar-refractivity contribution < 1.29 is 13.9 Å². The number of thioether (sulfide) groups is 1. The minimum Gasteiger partial charge on any atom is -0.467 e. The molecule has 0 unspecified atom stereocenters. The largest absolute Gasteiger partial charge is 0.467 e. The predicted octanol–water partition coefficient (Wildman–Crippen LogP) is 4.29. The average molecular weight is 290 g/mol. The number of ether oxygens (including phenoxy) is 2. The van der Waals surface area contributed by atoms with Crippen molar-refractivity contribution in [2.24, 2.45) is 0 Å². The van der Waals surface area contributed by atoms with Crippen LogP contribution in [0, 0.1) is 12.7 Å². The van der Waals surface area contributed by atoms with Crippen molar-refractivity contribution in [2.75, 3.05) is 6.79 Å². The summed E-state index contributed by atoms with van der Waals surface area (Å²) in [5, 5.41) is 0. The third kappa shape index (κ3) is 2.97. The van der Waals surface area contributed by atoms with Gasteiger partial charge >= 0.3 is 0 Å². The third-order valence-corrected chi connectivity index (χ3v) is 4.23. The molecular weight excluding hydrogens is 275 g/mol. The molecular formula is C16H15FO2S. The molecule has 0 bridgehead atoms. The van der Waals surface area contributed by atoms with Gasteiger partial charge in [0.2, 0.25) is 0 Å². The van der Waals surface area contributed by atoms with E-state index in [0.29, 0.717) is 12.4 Å². The van der Waals surface area contributed by atoms with Crippen LogP contribution in [0.5, 0.6) is 5.75 Å². The molecule has 1 aliphatic heterocycles. The van der Waals surface area contributed by atoms with Crippen molar-refractivity contribution in [2.45, 2.75) is 24.2 Å². The van der Waals surface area contributed by atoms with E-state index in [2.05, 4.69) is 31.2 Å². The van der Waals surface area contributed by atoms with E-state index in [0.717, 1.165) is 16.9 Å². The number of benzene rings is 2. The van der Waals surface area contributed by atoms with E-state index in [9.17, 15) is 4.39 Å². The van der Waals surface area contributed by atoms with Gasteiger partial charge < -0.3 is 9.47 Å². The molecule has 0 spiro atoms. The molecule has 1 heterocycles. The van der Waals surface area contributed by atoms with Crippen LogP contribution in [0.2, 0.25) is 0 Å². The summed E-state index contributed by atoms with van der Waals surface area (Å²) >= 11 is 1.68. The Morgan fingerprint density at radius 1 is 1.20 bits per heavy atom. The average Bonchev–Trinajstić information content (AvgIpc) is 2.46. The molecule has 0 atom stereocenters. The van der Waals surface area contributed by atoms with Crippen molar-refractivity contribution in [1.29, 1.82) is 0 Å². The minimum absolute atomic E-state index is 0.237. The van der Waals surface area contributed by atoms with Crippen LogP contribution in [0.1, 0.15) is 16.7 Å². The second kappa shape index (κ2) is 5.85. The zero-order valence-corrected chi connectivity index (χ0v) is 12.0. The zero-order chi connectivity index (χ0) is 13.9. The van der Waals surface area contributed by atoms with Gasteiger partial charge in [0.25, 0.3) is 0 Å². The van der Waals surface area contributed by atoms with Gasteiger partial charge in [0.1, 0.15) is 11.6 Å². The number of aryl methyl sites for hydroxylation is 1. The van der Waals surface area contributed by atoms with Crippen LogP contribution in [0.4, 0.5) is 4.39 Å². The second-order valence-corrected chi connectivity index (χ2v) is 5.81. The van der Waals surface area contributed by atoms with Crippen LogP contribution >= 0.6 is 11.8 Å². The number of rotatable bonds is 3. The van der Waals surface area contributed by atoms with E-state index in [1.807, 2.05) is 0 Å². The fourth-order valence-electron chi connectivity index (χ4n) is 2.16. The Hall–Kier alpha value is -1.52. The van der Waals surface area contributed by atoms with Crippen molar-refractivity contribution in [3.63, 3.8) is 0 Å². The lowest BCUT2D eigenvalue weighted by Crippen LogP contribution is -2.13. The van der Waals surface area contributed by atoms with Gasteiger partial charge in [0, 0.05) is 21.8 Å². The Morgan fingerprint density at radius 2 is 2.00 bits per heavy atom. The van der Waals surface area contributed by atoms with E-state index in [4.69, 9.17) is 9.47 Å². The first-order valence-electron chi connectivity index (χ1n) is 6.44. The van der Waals surface area contributed by atoms with Gasteiger partial charge in [-0.05, 0) is 31.2 Å². The molecule has 20 heavy (non-hydrogen) atoms. The Bertz CT molecular complexity index is 611. The molecule has 104 valence electrons. The topological polar surface area (TPSA) is 18.5 Å². The second-order valence-electron chi connectivity index (χ2n) is 4.77. The molecule has 1 aliphatic rings. The van der Waals surface area contributed by atoms with Crippen LogP contribution in [-0.4, -0.2) is 6.79 Å². The maximum Gasteiger partial charge on any atom is 0.189 e. The van der Waals surface area contributed by atoms with Crippen molar-refractivity contribution in [3.8, 4) is 5.75 Å². The molecule has 0 fully saturated rings. The van der Waals surface area contributed by atoms with Crippen LogP contribution in [0.3, 0.4) is 0 Å². The van der Waals surface area contributed by atoms with Crippen molar-refractivity contribution >= 4 is 11.8 Å². The number of fused-ring (bicyclic) bond motifs is 1. The Labute approximate surface area is 121 Å². The fraction of sp³-hybridized carbons (Fsp3) is 0.250. The molecule has 0 aromatic heterocycles. The van der Waals surface area contributed by atoms with Crippen LogP contribution < -0.4 is 4.74 Å². The summed E-state index contributed by atoms with van der Waals surface area (Å²) in [5.74, 6) is 1.22. The lowest BCUT2D eigenvalue weighted by atomic mass is 10.1. The van der Waals surface area contributed by atoms with Crippen LogP contribution in [0.15, 0.2) is 41.3 Å². The van der Waals surface area contributed by atoms with Crippen molar-refractivity contribution in [3.05, 3.63) is 58.9 Å². The van der Waals surface area contributed by atoms with E-state index in [1.165, 1.54) is 16.5 Å². The predicted molar refractivity (Wildman–Crippen MR) is 77.4 cm³/mol. The molecule has 2 nitrogen and oxygen atoms in total. The number of hydrogen-bond donors (Lipinski definition) is 0. The highest BCUT2D eigenvalue weighted by molar-refractivity contribution is 7.98. The molecule has 0 radical (unpaired) electrons. The molecule has 2 aromatic carbocycles. The fourth-order valence-corrected chi connectivity index (χ4v) is 3.02. The summed E-state index contributed by atoms with van der Waals surface area (Å²) in [6.45, 7) is 2.71. The highest BCUT2D eigenvalue weighted by atomic mass is 32.2. The molecule has 0 N–H and O–H groups in total. The van der Waals surface area contributed by atoms with Gasteiger partial charge in [-0.3, -0.25) is 0 Å². The maximum atomic E-state index is 13.6. The highest BCUT2D eigenvalue weighted by Crippen LogP contribution is 2.33. The van der Waals surface area contributed by atoms with E-state index in [-0.39, 0.29) is 12.6 Å². The summed E-state index contributed by atoms with van der Waals surface area (Å²) in [5.41, 5.74) is 2.91. The Kier molecular flexibility index (Phi) is 3.94. The summed E-state index contributed by atoms with van der Waals surface area (Å²) in [4.78, 5) is 1.17. The summed E-state index contributed by atoms with van der Waals surface area (Å²) < 4.78 is 24.3. The van der Waals surface area contributed by atoms with Gasteiger partial charge in [-0.25, -0.2) is 4.39 Å². The first-order chi connectivity index (χ1) is 9.72. The molecule has 3 rings (SSSR count). The van der Waals surface area contributed by atoms with Gasteiger partial charge in [-0.1, -0.05) is 17.7 Å². The van der Waals surface area contributed by atoms with Gasteiger partial charge in [-0.15, -0.1) is 11.8 Å². The summed E-state index contributed by atoms with van der Waals surface area (Å²) in [6, 6.07) is 11.3. The molecule has 0 saturated carbocycles. The quantitative estimate of drug-likeness (QED) is 0.786. The lowest BCUT2D eigenvalue weighted by Gasteiger charge is -2.20. The number of halogens is 1. The third-order valence-electron chi connectivity index (χ3n) is 3.17. The highest BCUT2D eigenvalue weighted by Gasteiger charge is 2.16. The van der Waals surface area contributed by atoms with E-state index < -0.39 is 0 Å². The normalized spacial score (nSPS) is 13.7. The Balaban J connectivity index is 1.80. The molecule has 4 heteroatoms. The van der Waals surface area contributed by atoms with E-state index in [1.54, 1.807) is 17.8 Å². The maximum absolute atomic E-state index is 13.6. The van der Waals surface area contributed by atoms with Gasteiger partial charge in [0.05, 0.1) is 6.61 Å². The standard InChI is InChI=1S/C16H15FO2S/c1-11-2-4-15(5-3-11)20-9-13-7-14(17)6-12-8-18-10-19-16(12)13/h2-7H,8-10H2,1H3. The lowest BCUT2D eigenvalue weighted by molar-refractivity contribution is -0.0171. The summed E-state index contributed by atoms with van der Waals surface area (Å²) in [7, 11) is 0. The Morgan fingerprint density at radius 3 is 2.80 bits per heavy atom. The smallest absolute Gasteiger partial charge is 0.189 e. The van der Waals surface area contributed by atoms with Crippen molar-refractivity contribution in [1.82, 2.24) is 0 Å². The molecule has 0 saturated heterocycles. The molecule has 2 aromatic rings. The van der Waals surface area contributed by atoms with Gasteiger partial charge in [0.15, 0.2) is 6.79 Å². The van der Waals surface area contributed by atoms with Crippen LogP contribution in [0.25, 0.3) is 0 Å². The summed E-state index contributed by atoms with van der Waals surface area (Å²) in [6.07, 6.45) is 0. The first-order valence-corrected chi connectivity index (χ1v) is 7.42. The van der Waals surface area contributed by atoms with Crippen LogP contribution in [-0.2, 0) is 17.1 Å². The monoisotopic (exact) mass is 290 g/mol. The van der Waals surface area contributed by atoms with E-state index >= 15 is 0 Å². The van der Waals surface area contributed by atoms with Gasteiger partial charge in [-0.2, -0.15) is 0 Å². The SMILES string of the molecule is Cc1ccc(SCc2cc(F)cc3c2OCOC3)cc1. The first kappa shape index (κ1) is 13.5. The molecule has 0 amide bonds. The minimum atomic E-state index is -0.239. The number of hydrogen-bond acceptors (Lipinski definition) is 3.